The monoisotopic (exact) mass is 351 g/mol. The van der Waals surface area contributed by atoms with E-state index in [1.54, 1.807) is 25.1 Å². The van der Waals surface area contributed by atoms with Crippen molar-refractivity contribution in [2.24, 2.45) is 0 Å². The fourth-order valence-electron chi connectivity index (χ4n) is 2.19. The number of aryl methyl sites for hydroxylation is 1. The Morgan fingerprint density at radius 2 is 2.00 bits per heavy atom. The van der Waals surface area contributed by atoms with Crippen LogP contribution in [0.1, 0.15) is 31.0 Å². The molecule has 1 N–H and O–H groups in total. The predicted octanol–water partition coefficient (Wildman–Crippen LogP) is 5.36. The lowest BCUT2D eigenvalue weighted by Gasteiger charge is -2.18. The van der Waals surface area contributed by atoms with Crippen LogP contribution in [0.15, 0.2) is 40.9 Å². The van der Waals surface area contributed by atoms with Gasteiger partial charge < -0.3 is 10.1 Å². The molecule has 0 radical (unpaired) electrons. The van der Waals surface area contributed by atoms with Crippen LogP contribution in [0.3, 0.4) is 0 Å². The molecule has 0 heterocycles. The van der Waals surface area contributed by atoms with Crippen LogP contribution in [-0.4, -0.2) is 6.54 Å². The lowest BCUT2D eigenvalue weighted by Crippen LogP contribution is -2.18. The van der Waals surface area contributed by atoms with Gasteiger partial charge in [-0.1, -0.05) is 41.1 Å². The maximum Gasteiger partial charge on any atom is 0.168 e. The van der Waals surface area contributed by atoms with Crippen molar-refractivity contribution in [1.82, 2.24) is 5.32 Å². The minimum absolute atomic E-state index is 0.131. The highest BCUT2D eigenvalue weighted by Gasteiger charge is 2.14. The number of rotatable bonds is 5. The number of ether oxygens (including phenoxy) is 1. The molecule has 0 aliphatic rings. The van der Waals surface area contributed by atoms with Gasteiger partial charge in [0.05, 0.1) is 0 Å². The van der Waals surface area contributed by atoms with Gasteiger partial charge >= 0.3 is 0 Å². The summed E-state index contributed by atoms with van der Waals surface area (Å²) in [5.41, 5.74) is 1.57. The molecule has 2 aromatic carbocycles. The fraction of sp³-hybridized carbons (Fsp3) is 0.294. The van der Waals surface area contributed by atoms with Gasteiger partial charge in [-0.3, -0.25) is 0 Å². The van der Waals surface area contributed by atoms with Gasteiger partial charge in [0, 0.05) is 16.1 Å². The molecule has 0 fully saturated rings. The van der Waals surface area contributed by atoms with Crippen molar-refractivity contribution in [2.45, 2.75) is 26.8 Å². The second kappa shape index (κ2) is 7.05. The number of halogens is 2. The second-order valence-electron chi connectivity index (χ2n) is 4.95. The third-order valence-electron chi connectivity index (χ3n) is 3.33. The zero-order valence-electron chi connectivity index (χ0n) is 12.4. The molecule has 21 heavy (non-hydrogen) atoms. The minimum atomic E-state index is -0.320. The highest BCUT2D eigenvalue weighted by atomic mass is 79.9. The number of nitrogens with one attached hydrogen (secondary N) is 1. The maximum atomic E-state index is 14.1. The van der Waals surface area contributed by atoms with Crippen LogP contribution in [0.5, 0.6) is 11.5 Å². The van der Waals surface area contributed by atoms with Crippen molar-refractivity contribution in [1.29, 1.82) is 0 Å². The normalized spacial score (nSPS) is 12.2. The highest BCUT2D eigenvalue weighted by Crippen LogP contribution is 2.34. The largest absolute Gasteiger partial charge is 0.454 e. The first-order valence-corrected chi connectivity index (χ1v) is 7.78. The van der Waals surface area contributed by atoms with E-state index in [1.807, 2.05) is 18.2 Å². The Kier molecular flexibility index (Phi) is 5.37. The van der Waals surface area contributed by atoms with Crippen LogP contribution in [-0.2, 0) is 0 Å². The predicted molar refractivity (Wildman–Crippen MR) is 87.4 cm³/mol. The molecule has 112 valence electrons. The van der Waals surface area contributed by atoms with E-state index in [0.29, 0.717) is 11.3 Å². The van der Waals surface area contributed by atoms with Crippen molar-refractivity contribution in [3.8, 4) is 11.5 Å². The first-order valence-electron chi connectivity index (χ1n) is 6.98. The Bertz CT molecular complexity index is 630. The van der Waals surface area contributed by atoms with Gasteiger partial charge in [0.1, 0.15) is 5.75 Å². The van der Waals surface area contributed by atoms with Crippen LogP contribution in [0, 0.1) is 12.7 Å². The summed E-state index contributed by atoms with van der Waals surface area (Å²) in [5, 5.41) is 3.34. The van der Waals surface area contributed by atoms with Gasteiger partial charge in [-0.15, -0.1) is 0 Å². The van der Waals surface area contributed by atoms with Gasteiger partial charge in [0.15, 0.2) is 11.6 Å². The third kappa shape index (κ3) is 3.83. The molecule has 0 aliphatic carbocycles. The zero-order valence-corrected chi connectivity index (χ0v) is 14.0. The molecule has 0 spiro atoms. The summed E-state index contributed by atoms with van der Waals surface area (Å²) in [6.45, 7) is 6.70. The summed E-state index contributed by atoms with van der Waals surface area (Å²) in [7, 11) is 0. The van der Waals surface area contributed by atoms with E-state index in [9.17, 15) is 4.39 Å². The molecule has 0 aromatic heterocycles. The molecular formula is C17H19BrFNO. The molecule has 2 aromatic rings. The first kappa shape index (κ1) is 16.0. The van der Waals surface area contributed by atoms with Crippen molar-refractivity contribution in [3.05, 3.63) is 57.8 Å². The van der Waals surface area contributed by atoms with Crippen LogP contribution >= 0.6 is 15.9 Å². The summed E-state index contributed by atoms with van der Waals surface area (Å²) < 4.78 is 20.8. The molecule has 0 saturated carbocycles. The summed E-state index contributed by atoms with van der Waals surface area (Å²) in [6, 6.07) is 11.1. The van der Waals surface area contributed by atoms with Gasteiger partial charge in [-0.25, -0.2) is 4.39 Å². The number of hydrogen-bond donors (Lipinski definition) is 1. The fourth-order valence-corrected chi connectivity index (χ4v) is 2.53. The van der Waals surface area contributed by atoms with E-state index in [0.717, 1.165) is 16.6 Å². The summed E-state index contributed by atoms with van der Waals surface area (Å²) >= 11 is 3.44. The van der Waals surface area contributed by atoms with Crippen molar-refractivity contribution >= 4 is 15.9 Å². The van der Waals surface area contributed by atoms with Crippen LogP contribution in [0.4, 0.5) is 4.39 Å². The Hall–Kier alpha value is -1.39. The standard InChI is InChI=1S/C17H19BrFNO/c1-4-20-12(3)14-9-8-13(18)10-16(14)21-15-7-5-6-11(2)17(15)19/h5-10,12,20H,4H2,1-3H3. The smallest absolute Gasteiger partial charge is 0.168 e. The Labute approximate surface area is 133 Å². The van der Waals surface area contributed by atoms with Crippen LogP contribution < -0.4 is 10.1 Å². The molecule has 1 atom stereocenters. The molecule has 2 nitrogen and oxygen atoms in total. The quantitative estimate of drug-likeness (QED) is 0.782. The van der Waals surface area contributed by atoms with E-state index < -0.39 is 0 Å². The molecule has 1 unspecified atom stereocenters. The third-order valence-corrected chi connectivity index (χ3v) is 3.82. The van der Waals surface area contributed by atoms with E-state index in [4.69, 9.17) is 4.74 Å². The van der Waals surface area contributed by atoms with Crippen molar-refractivity contribution in [3.63, 3.8) is 0 Å². The lowest BCUT2D eigenvalue weighted by atomic mass is 10.1. The minimum Gasteiger partial charge on any atom is -0.454 e. The van der Waals surface area contributed by atoms with Gasteiger partial charge in [0.2, 0.25) is 0 Å². The van der Waals surface area contributed by atoms with E-state index in [2.05, 4.69) is 35.1 Å². The number of benzene rings is 2. The number of hydrogen-bond acceptors (Lipinski definition) is 2. The van der Waals surface area contributed by atoms with Crippen molar-refractivity contribution in [2.75, 3.05) is 6.54 Å². The molecule has 0 aliphatic heterocycles. The lowest BCUT2D eigenvalue weighted by molar-refractivity contribution is 0.428. The molecule has 0 bridgehead atoms. The first-order chi connectivity index (χ1) is 10.0. The summed E-state index contributed by atoms with van der Waals surface area (Å²) in [5.74, 6) is 0.583. The average molecular weight is 352 g/mol. The van der Waals surface area contributed by atoms with Crippen LogP contribution in [0.2, 0.25) is 0 Å². The Morgan fingerprint density at radius 1 is 1.24 bits per heavy atom. The summed E-state index contributed by atoms with van der Waals surface area (Å²) in [6.07, 6.45) is 0. The molecule has 0 amide bonds. The average Bonchev–Trinajstić information content (AvgIpc) is 2.44. The molecule has 2 rings (SSSR count). The van der Waals surface area contributed by atoms with Gasteiger partial charge in [-0.05, 0) is 44.2 Å². The van der Waals surface area contributed by atoms with Crippen molar-refractivity contribution < 1.29 is 9.13 Å². The Morgan fingerprint density at radius 3 is 2.71 bits per heavy atom. The SMILES string of the molecule is CCNC(C)c1ccc(Br)cc1Oc1cccc(C)c1F. The zero-order chi connectivity index (χ0) is 15.4. The van der Waals surface area contributed by atoms with Gasteiger partial charge in [-0.2, -0.15) is 0 Å². The highest BCUT2D eigenvalue weighted by molar-refractivity contribution is 9.10. The van der Waals surface area contributed by atoms with Crippen LogP contribution in [0.25, 0.3) is 0 Å². The molecule has 0 saturated heterocycles. The van der Waals surface area contributed by atoms with E-state index in [-0.39, 0.29) is 17.6 Å². The second-order valence-corrected chi connectivity index (χ2v) is 5.87. The van der Waals surface area contributed by atoms with E-state index in [1.165, 1.54) is 0 Å². The maximum absolute atomic E-state index is 14.1. The van der Waals surface area contributed by atoms with E-state index >= 15 is 0 Å². The Balaban J connectivity index is 2.38. The topological polar surface area (TPSA) is 21.3 Å². The molecule has 4 heteroatoms. The van der Waals surface area contributed by atoms with Gasteiger partial charge in [0.25, 0.3) is 0 Å². The summed E-state index contributed by atoms with van der Waals surface area (Å²) in [4.78, 5) is 0. The molecular weight excluding hydrogens is 333 g/mol.